The van der Waals surface area contributed by atoms with Gasteiger partial charge < -0.3 is 29.2 Å². The molecule has 0 bridgehead atoms. The van der Waals surface area contributed by atoms with E-state index < -0.39 is 30.7 Å². The molecule has 6 heteroatoms. The molecule has 23 heavy (non-hydrogen) atoms. The molecule has 0 aromatic heterocycles. The van der Waals surface area contributed by atoms with E-state index in [1.165, 1.54) is 7.11 Å². The van der Waals surface area contributed by atoms with E-state index in [-0.39, 0.29) is 13.2 Å². The van der Waals surface area contributed by atoms with Crippen molar-refractivity contribution in [2.45, 2.75) is 37.3 Å². The zero-order valence-electron chi connectivity index (χ0n) is 13.2. The lowest BCUT2D eigenvalue weighted by Crippen LogP contribution is -2.60. The molecule has 0 radical (unpaired) electrons. The fourth-order valence-electron chi connectivity index (χ4n) is 2.57. The monoisotopic (exact) mass is 324 g/mol. The van der Waals surface area contributed by atoms with Crippen LogP contribution in [0.15, 0.2) is 43.0 Å². The second-order valence-corrected chi connectivity index (χ2v) is 5.30. The predicted molar refractivity (Wildman–Crippen MR) is 83.7 cm³/mol. The van der Waals surface area contributed by atoms with Gasteiger partial charge in [0.2, 0.25) is 0 Å². The maximum absolute atomic E-state index is 10.4. The molecule has 1 fully saturated rings. The molecule has 0 spiro atoms. The van der Waals surface area contributed by atoms with Gasteiger partial charge in [0.05, 0.1) is 19.8 Å². The summed E-state index contributed by atoms with van der Waals surface area (Å²) >= 11 is 0. The maximum Gasteiger partial charge on any atom is 0.186 e. The van der Waals surface area contributed by atoms with E-state index >= 15 is 0 Å². The second-order valence-electron chi connectivity index (χ2n) is 5.30. The van der Waals surface area contributed by atoms with Crippen LogP contribution in [0.1, 0.15) is 5.56 Å². The summed E-state index contributed by atoms with van der Waals surface area (Å²) in [4.78, 5) is 0. The van der Waals surface area contributed by atoms with E-state index in [0.717, 1.165) is 5.56 Å². The van der Waals surface area contributed by atoms with Crippen LogP contribution >= 0.6 is 0 Å². The molecule has 0 unspecified atom stereocenters. The van der Waals surface area contributed by atoms with Crippen LogP contribution < -0.4 is 0 Å². The summed E-state index contributed by atoms with van der Waals surface area (Å²) in [5.74, 6) is 0. The first kappa shape index (κ1) is 18.1. The predicted octanol–water partition coefficient (Wildman–Crippen LogP) is 0.867. The van der Waals surface area contributed by atoms with Crippen molar-refractivity contribution < 1.29 is 29.2 Å². The van der Waals surface area contributed by atoms with E-state index in [1.807, 2.05) is 30.3 Å². The summed E-state index contributed by atoms with van der Waals surface area (Å²) in [6.45, 7) is 3.92. The molecular formula is C17H24O6. The van der Waals surface area contributed by atoms with Crippen LogP contribution in [0.5, 0.6) is 0 Å². The molecule has 0 saturated carbocycles. The molecule has 2 N–H and O–H groups in total. The highest BCUT2D eigenvalue weighted by atomic mass is 16.7. The molecular weight excluding hydrogens is 300 g/mol. The van der Waals surface area contributed by atoms with Crippen molar-refractivity contribution in [3.8, 4) is 0 Å². The molecule has 0 amide bonds. The number of rotatable bonds is 8. The summed E-state index contributed by atoms with van der Waals surface area (Å²) in [5.41, 5.74) is 0.975. The Hall–Kier alpha value is -1.28. The average Bonchev–Trinajstić information content (AvgIpc) is 2.60. The van der Waals surface area contributed by atoms with Crippen molar-refractivity contribution >= 4 is 0 Å². The third kappa shape index (κ3) is 4.60. The second kappa shape index (κ2) is 9.12. The maximum atomic E-state index is 10.4. The molecule has 1 aromatic rings. The Bertz CT molecular complexity index is 465. The Morgan fingerprint density at radius 2 is 1.96 bits per heavy atom. The normalized spacial score (nSPS) is 31.0. The highest BCUT2D eigenvalue weighted by molar-refractivity contribution is 5.13. The lowest BCUT2D eigenvalue weighted by molar-refractivity contribution is -0.308. The minimum Gasteiger partial charge on any atom is -0.394 e. The van der Waals surface area contributed by atoms with E-state index in [4.69, 9.17) is 18.9 Å². The molecule has 1 heterocycles. The summed E-state index contributed by atoms with van der Waals surface area (Å²) in [5, 5.41) is 20.0. The zero-order valence-corrected chi connectivity index (χ0v) is 13.2. The van der Waals surface area contributed by atoms with Crippen molar-refractivity contribution in [1.82, 2.24) is 0 Å². The Labute approximate surface area is 136 Å². The van der Waals surface area contributed by atoms with Gasteiger partial charge in [-0.3, -0.25) is 0 Å². The number of hydrogen-bond acceptors (Lipinski definition) is 6. The van der Waals surface area contributed by atoms with Gasteiger partial charge in [0.25, 0.3) is 0 Å². The molecule has 5 atom stereocenters. The third-order valence-electron chi connectivity index (χ3n) is 3.72. The van der Waals surface area contributed by atoms with Crippen molar-refractivity contribution in [1.29, 1.82) is 0 Å². The number of hydrogen-bond donors (Lipinski definition) is 2. The molecule has 1 aliphatic rings. The lowest BCUT2D eigenvalue weighted by Gasteiger charge is -2.43. The molecule has 128 valence electrons. The van der Waals surface area contributed by atoms with Crippen LogP contribution in [0, 0.1) is 0 Å². The Balaban J connectivity index is 2.11. The molecule has 6 nitrogen and oxygen atoms in total. The minimum atomic E-state index is -1.03. The molecule has 1 aromatic carbocycles. The minimum absolute atomic E-state index is 0.264. The number of methoxy groups -OCH3 is 1. The van der Waals surface area contributed by atoms with Crippen LogP contribution in [0.4, 0.5) is 0 Å². The van der Waals surface area contributed by atoms with Crippen LogP contribution in [-0.2, 0) is 25.6 Å². The van der Waals surface area contributed by atoms with Gasteiger partial charge in [-0.15, -0.1) is 6.58 Å². The number of aliphatic hydroxyl groups is 2. The highest BCUT2D eigenvalue weighted by Crippen LogP contribution is 2.27. The topological polar surface area (TPSA) is 77.4 Å². The van der Waals surface area contributed by atoms with E-state index in [1.54, 1.807) is 6.08 Å². The van der Waals surface area contributed by atoms with Crippen LogP contribution in [0.25, 0.3) is 0 Å². The fourth-order valence-corrected chi connectivity index (χ4v) is 2.57. The average molecular weight is 324 g/mol. The van der Waals surface area contributed by atoms with Crippen molar-refractivity contribution in [2.75, 3.05) is 20.3 Å². The number of ether oxygens (including phenoxy) is 4. The van der Waals surface area contributed by atoms with Gasteiger partial charge >= 0.3 is 0 Å². The molecule has 1 aliphatic heterocycles. The largest absolute Gasteiger partial charge is 0.394 e. The van der Waals surface area contributed by atoms with Gasteiger partial charge in [0.15, 0.2) is 6.29 Å². The van der Waals surface area contributed by atoms with Crippen LogP contribution in [0.2, 0.25) is 0 Å². The van der Waals surface area contributed by atoms with Crippen molar-refractivity contribution in [2.24, 2.45) is 0 Å². The number of benzene rings is 1. The third-order valence-corrected chi connectivity index (χ3v) is 3.72. The SMILES string of the molecule is C=CCO[C@H]1[C@H](OCc2ccccc2)[C@H](O)[C@@H](OC)O[C@@H]1CO. The standard InChI is InChI=1S/C17H24O6/c1-3-9-21-15-13(10-18)23-17(20-2)14(19)16(15)22-11-12-7-5-4-6-8-12/h3-8,13-19H,1,9-11H2,2H3/t13-,14+,15-,16-,17+/m1/s1. The Morgan fingerprint density at radius 1 is 1.22 bits per heavy atom. The fraction of sp³-hybridized carbons (Fsp3) is 0.529. The zero-order chi connectivity index (χ0) is 16.7. The summed E-state index contributed by atoms with van der Waals surface area (Å²) in [7, 11) is 1.43. The van der Waals surface area contributed by atoms with E-state index in [9.17, 15) is 10.2 Å². The molecule has 2 rings (SSSR count). The quantitative estimate of drug-likeness (QED) is 0.691. The highest BCUT2D eigenvalue weighted by Gasteiger charge is 2.46. The Morgan fingerprint density at radius 3 is 2.57 bits per heavy atom. The smallest absolute Gasteiger partial charge is 0.186 e. The summed E-state index contributed by atoms with van der Waals surface area (Å²) in [6, 6.07) is 9.62. The van der Waals surface area contributed by atoms with Gasteiger partial charge in [0, 0.05) is 7.11 Å². The Kier molecular flexibility index (Phi) is 7.16. The lowest BCUT2D eigenvalue weighted by atomic mass is 9.98. The number of aliphatic hydroxyl groups excluding tert-OH is 2. The van der Waals surface area contributed by atoms with Crippen LogP contribution in [0.3, 0.4) is 0 Å². The van der Waals surface area contributed by atoms with Gasteiger partial charge in [-0.1, -0.05) is 36.4 Å². The van der Waals surface area contributed by atoms with Gasteiger partial charge in [-0.2, -0.15) is 0 Å². The van der Waals surface area contributed by atoms with Crippen molar-refractivity contribution in [3.05, 3.63) is 48.6 Å². The van der Waals surface area contributed by atoms with Gasteiger partial charge in [-0.25, -0.2) is 0 Å². The van der Waals surface area contributed by atoms with Gasteiger partial charge in [-0.05, 0) is 5.56 Å². The first-order valence-electron chi connectivity index (χ1n) is 7.56. The summed E-state index contributed by atoms with van der Waals surface area (Å²) < 4.78 is 22.2. The van der Waals surface area contributed by atoms with Gasteiger partial charge in [0.1, 0.15) is 24.4 Å². The van der Waals surface area contributed by atoms with Crippen LogP contribution in [-0.4, -0.2) is 61.2 Å². The van der Waals surface area contributed by atoms with Crippen molar-refractivity contribution in [3.63, 3.8) is 0 Å². The van der Waals surface area contributed by atoms with E-state index in [2.05, 4.69) is 6.58 Å². The molecule has 0 aliphatic carbocycles. The summed E-state index contributed by atoms with van der Waals surface area (Å²) in [6.07, 6.45) is -2.27. The molecule has 1 saturated heterocycles. The first-order valence-corrected chi connectivity index (χ1v) is 7.56. The van der Waals surface area contributed by atoms with E-state index in [0.29, 0.717) is 6.61 Å². The first-order chi connectivity index (χ1) is 11.2.